The molecule has 2 amide bonds. The van der Waals surface area contributed by atoms with E-state index >= 15 is 0 Å². The van der Waals surface area contributed by atoms with E-state index in [1.54, 1.807) is 39.8 Å². The lowest BCUT2D eigenvalue weighted by atomic mass is 10.0. The molecule has 0 bridgehead atoms. The Kier molecular flexibility index (Phi) is 11.2. The van der Waals surface area contributed by atoms with Crippen LogP contribution >= 0.6 is 0 Å². The fraction of sp³-hybridized carbons (Fsp3) is 0.522. The number of nitrogens with zero attached hydrogens (tertiary/aromatic N) is 3. The number of hydrogen-bond acceptors (Lipinski definition) is 6. The number of Topliss-reactive ketones (excluding diaryl/α,β-unsaturated/α-hetero) is 1. The number of nitrogens with one attached hydrogen (secondary N) is 2. The fourth-order valence-corrected chi connectivity index (χ4v) is 2.90. The minimum Gasteiger partial charge on any atom is -0.458 e. The second-order valence-electron chi connectivity index (χ2n) is 9.03. The van der Waals surface area contributed by atoms with Crippen molar-refractivity contribution in [3.63, 3.8) is 0 Å². The highest BCUT2D eigenvalue weighted by atomic mass is 19.1. The first-order chi connectivity index (χ1) is 15.8. The summed E-state index contributed by atoms with van der Waals surface area (Å²) in [6.07, 6.45) is 0.444. The Morgan fingerprint density at radius 3 is 2.26 bits per heavy atom. The van der Waals surface area contributed by atoms with E-state index in [1.165, 1.54) is 24.3 Å². The SMILES string of the molecule is CN(C)CC(=O)N[C@@H](Cc1ccc(F)cc1)C(=O)N[C@@H](CCC(=O)C=[N+]=[N-])C(=O)OC(C)(C)C. The Morgan fingerprint density at radius 1 is 1.12 bits per heavy atom. The molecule has 2 N–H and O–H groups in total. The van der Waals surface area contributed by atoms with Crippen LogP contribution in [0.15, 0.2) is 24.3 Å². The maximum absolute atomic E-state index is 13.3. The summed E-state index contributed by atoms with van der Waals surface area (Å²) in [5.41, 5.74) is 8.26. The molecule has 0 heterocycles. The van der Waals surface area contributed by atoms with Gasteiger partial charge in [-0.3, -0.25) is 14.4 Å². The maximum Gasteiger partial charge on any atom is 0.329 e. The van der Waals surface area contributed by atoms with Crippen molar-refractivity contribution in [3.8, 4) is 0 Å². The van der Waals surface area contributed by atoms with E-state index in [0.717, 1.165) is 0 Å². The van der Waals surface area contributed by atoms with Crippen LogP contribution in [-0.4, -0.2) is 77.8 Å². The Balaban J connectivity index is 3.09. The first kappa shape index (κ1) is 28.6. The summed E-state index contributed by atoms with van der Waals surface area (Å²) >= 11 is 0. The molecule has 0 spiro atoms. The van der Waals surface area contributed by atoms with E-state index < -0.39 is 47.1 Å². The molecule has 0 aliphatic rings. The number of amides is 2. The molecule has 2 atom stereocenters. The summed E-state index contributed by atoms with van der Waals surface area (Å²) in [6, 6.07) is 3.20. The monoisotopic (exact) mass is 477 g/mol. The summed E-state index contributed by atoms with van der Waals surface area (Å²) in [5, 5.41) is 5.18. The normalized spacial score (nSPS) is 12.8. The van der Waals surface area contributed by atoms with Gasteiger partial charge in [0.1, 0.15) is 23.5 Å². The Morgan fingerprint density at radius 2 is 1.74 bits per heavy atom. The van der Waals surface area contributed by atoms with E-state index in [1.807, 2.05) is 0 Å². The van der Waals surface area contributed by atoms with Gasteiger partial charge < -0.3 is 25.8 Å². The van der Waals surface area contributed by atoms with E-state index in [4.69, 9.17) is 10.3 Å². The highest BCUT2D eigenvalue weighted by Crippen LogP contribution is 2.12. The molecule has 0 saturated carbocycles. The van der Waals surface area contributed by atoms with E-state index in [-0.39, 0.29) is 25.8 Å². The van der Waals surface area contributed by atoms with Crippen LogP contribution in [0.5, 0.6) is 0 Å². The molecule has 0 fully saturated rings. The van der Waals surface area contributed by atoms with Crippen LogP contribution in [0.2, 0.25) is 0 Å². The molecular weight excluding hydrogens is 445 g/mol. The number of halogens is 1. The summed E-state index contributed by atoms with van der Waals surface area (Å²) in [4.78, 5) is 54.1. The van der Waals surface area contributed by atoms with Crippen molar-refractivity contribution in [3.05, 3.63) is 41.2 Å². The molecule has 0 radical (unpaired) electrons. The van der Waals surface area contributed by atoms with Gasteiger partial charge in [-0.1, -0.05) is 12.1 Å². The summed E-state index contributed by atoms with van der Waals surface area (Å²) in [7, 11) is 3.39. The summed E-state index contributed by atoms with van der Waals surface area (Å²) < 4.78 is 18.6. The minimum atomic E-state index is -1.19. The zero-order valence-electron chi connectivity index (χ0n) is 20.1. The molecule has 0 saturated heterocycles. The van der Waals surface area contributed by atoms with Gasteiger partial charge in [0.05, 0.1) is 6.54 Å². The first-order valence-electron chi connectivity index (χ1n) is 10.7. The molecule has 0 unspecified atom stereocenters. The van der Waals surface area contributed by atoms with E-state index in [2.05, 4.69) is 15.4 Å². The molecule has 0 aliphatic carbocycles. The van der Waals surface area contributed by atoms with Gasteiger partial charge in [0.25, 0.3) is 0 Å². The number of ketones is 1. The average molecular weight is 478 g/mol. The highest BCUT2D eigenvalue weighted by molar-refractivity contribution is 6.25. The molecule has 1 rings (SSSR count). The molecular formula is C23H32FN5O5. The number of carbonyl (C=O) groups excluding carboxylic acids is 4. The lowest BCUT2D eigenvalue weighted by Crippen LogP contribution is -2.54. The van der Waals surface area contributed by atoms with Gasteiger partial charge in [0, 0.05) is 12.8 Å². The van der Waals surface area contributed by atoms with E-state index in [9.17, 15) is 23.6 Å². The number of likely N-dealkylation sites (N-methyl/N-ethyl adjacent to an activating group) is 1. The van der Waals surface area contributed by atoms with Crippen molar-refractivity contribution in [2.75, 3.05) is 20.6 Å². The van der Waals surface area contributed by atoms with Crippen LogP contribution in [0.4, 0.5) is 4.39 Å². The molecule has 10 nitrogen and oxygen atoms in total. The Labute approximate surface area is 198 Å². The van der Waals surface area contributed by atoms with E-state index in [0.29, 0.717) is 11.8 Å². The second kappa shape index (κ2) is 13.3. The van der Waals surface area contributed by atoms with Crippen LogP contribution in [0, 0.1) is 5.82 Å². The number of benzene rings is 1. The third-order valence-corrected chi connectivity index (χ3v) is 4.35. The first-order valence-corrected chi connectivity index (χ1v) is 10.7. The van der Waals surface area contributed by atoms with Gasteiger partial charge in [-0.05, 0) is 59.0 Å². The average Bonchev–Trinajstić information content (AvgIpc) is 2.70. The third kappa shape index (κ3) is 11.4. The molecule has 0 aliphatic heterocycles. The number of hydrogen-bond donors (Lipinski definition) is 2. The quantitative estimate of drug-likeness (QED) is 0.198. The van der Waals surface area contributed by atoms with Crippen LogP contribution in [0.3, 0.4) is 0 Å². The zero-order chi connectivity index (χ0) is 25.9. The Hall–Kier alpha value is -3.43. The molecule has 11 heteroatoms. The number of carbonyl (C=O) groups is 4. The third-order valence-electron chi connectivity index (χ3n) is 4.35. The smallest absolute Gasteiger partial charge is 0.329 e. The molecule has 1 aromatic carbocycles. The van der Waals surface area contributed by atoms with Gasteiger partial charge in [-0.2, -0.15) is 4.79 Å². The lowest BCUT2D eigenvalue weighted by molar-refractivity contribution is -0.159. The number of ether oxygens (including phenoxy) is 1. The second-order valence-corrected chi connectivity index (χ2v) is 9.03. The fourth-order valence-electron chi connectivity index (χ4n) is 2.90. The predicted molar refractivity (Wildman–Crippen MR) is 122 cm³/mol. The van der Waals surface area contributed by atoms with Crippen molar-refractivity contribution in [2.45, 2.75) is 57.7 Å². The van der Waals surface area contributed by atoms with Crippen molar-refractivity contribution in [1.29, 1.82) is 0 Å². The van der Waals surface area contributed by atoms with Crippen molar-refractivity contribution >= 4 is 29.8 Å². The standard InChI is InChI=1S/C23H32FN5O5/c1-23(2,3)34-22(33)18(11-10-17(30)13-26-25)28-21(32)19(27-20(31)14-29(4)5)12-15-6-8-16(24)9-7-15/h6-9,13,18-19H,10-12,14H2,1-5H3,(H,27,31)(H,28,32)/t18-,19-/m0/s1. The summed E-state index contributed by atoms with van der Waals surface area (Å²) in [5.74, 6) is -2.84. The molecule has 0 aromatic heterocycles. The topological polar surface area (TPSA) is 141 Å². The van der Waals surface area contributed by atoms with Crippen LogP contribution in [0.25, 0.3) is 5.53 Å². The predicted octanol–water partition coefficient (Wildman–Crippen LogP) is 0.891. The zero-order valence-corrected chi connectivity index (χ0v) is 20.1. The van der Waals surface area contributed by atoms with Crippen LogP contribution < -0.4 is 10.6 Å². The van der Waals surface area contributed by atoms with Gasteiger partial charge in [0.15, 0.2) is 0 Å². The lowest BCUT2D eigenvalue weighted by Gasteiger charge is -2.26. The maximum atomic E-state index is 13.3. The number of rotatable bonds is 12. The number of esters is 1. The van der Waals surface area contributed by atoms with Crippen molar-refractivity contribution in [1.82, 2.24) is 15.5 Å². The highest BCUT2D eigenvalue weighted by Gasteiger charge is 2.30. The van der Waals surface area contributed by atoms with Crippen LogP contribution in [0.1, 0.15) is 39.2 Å². The molecule has 186 valence electrons. The molecule has 34 heavy (non-hydrogen) atoms. The van der Waals surface area contributed by atoms with Crippen molar-refractivity contribution in [2.24, 2.45) is 0 Å². The van der Waals surface area contributed by atoms with Gasteiger partial charge in [-0.15, -0.1) is 0 Å². The largest absolute Gasteiger partial charge is 0.458 e. The molecule has 1 aromatic rings. The van der Waals surface area contributed by atoms with Crippen molar-refractivity contribution < 1.29 is 33.1 Å². The van der Waals surface area contributed by atoms with Gasteiger partial charge >= 0.3 is 12.2 Å². The summed E-state index contributed by atoms with van der Waals surface area (Å²) in [6.45, 7) is 5.00. The van der Waals surface area contributed by atoms with Crippen LogP contribution in [-0.2, 0) is 30.3 Å². The minimum absolute atomic E-state index is 0.0255. The van der Waals surface area contributed by atoms with Gasteiger partial charge in [-0.25, -0.2) is 9.18 Å². The van der Waals surface area contributed by atoms with Gasteiger partial charge in [0.2, 0.25) is 17.6 Å². The Bertz CT molecular complexity index is 921.